The van der Waals surface area contributed by atoms with Crippen LogP contribution in [0.1, 0.15) is 24.8 Å². The van der Waals surface area contributed by atoms with Crippen molar-refractivity contribution in [2.24, 2.45) is 0 Å². The Bertz CT molecular complexity index is 805. The van der Waals surface area contributed by atoms with Gasteiger partial charge in [0.25, 0.3) is 10.0 Å². The molecule has 0 aliphatic heterocycles. The van der Waals surface area contributed by atoms with Crippen LogP contribution in [0.25, 0.3) is 0 Å². The Morgan fingerprint density at radius 1 is 1.12 bits per heavy atom. The van der Waals surface area contributed by atoms with Crippen molar-refractivity contribution in [2.45, 2.75) is 24.2 Å². The number of nitrogens with zero attached hydrogens (tertiary/aromatic N) is 1. The fraction of sp³-hybridized carbons (Fsp3) is 0.278. The number of hydrogen-bond acceptors (Lipinski definition) is 4. The van der Waals surface area contributed by atoms with Crippen molar-refractivity contribution in [1.29, 1.82) is 0 Å². The molecule has 0 saturated carbocycles. The molecule has 1 atom stereocenters. The third-order valence-electron chi connectivity index (χ3n) is 3.89. The predicted molar refractivity (Wildman–Crippen MR) is 96.5 cm³/mol. The van der Waals surface area contributed by atoms with E-state index in [9.17, 15) is 13.2 Å². The monoisotopic (exact) mass is 362 g/mol. The predicted octanol–water partition coefficient (Wildman–Crippen LogP) is 3.00. The van der Waals surface area contributed by atoms with Gasteiger partial charge in [0, 0.05) is 19.2 Å². The van der Waals surface area contributed by atoms with Crippen LogP contribution in [-0.2, 0) is 19.7 Å². The first-order valence-corrected chi connectivity index (χ1v) is 9.26. The van der Waals surface area contributed by atoms with Crippen LogP contribution in [0.4, 0.5) is 5.69 Å². The maximum atomic E-state index is 12.2. The van der Waals surface area contributed by atoms with E-state index in [-0.39, 0.29) is 16.7 Å². The molecule has 0 aromatic heterocycles. The van der Waals surface area contributed by atoms with Crippen molar-refractivity contribution >= 4 is 21.6 Å². The quantitative estimate of drug-likeness (QED) is 0.768. The van der Waals surface area contributed by atoms with Gasteiger partial charge in [-0.2, -0.15) is 0 Å². The molecule has 0 saturated heterocycles. The first-order valence-electron chi connectivity index (χ1n) is 7.82. The number of amides is 1. The van der Waals surface area contributed by atoms with E-state index in [1.807, 2.05) is 37.3 Å². The average molecular weight is 362 g/mol. The number of anilines is 1. The highest BCUT2D eigenvalue weighted by Crippen LogP contribution is 2.21. The summed E-state index contributed by atoms with van der Waals surface area (Å²) >= 11 is 0. The highest BCUT2D eigenvalue weighted by molar-refractivity contribution is 7.89. The van der Waals surface area contributed by atoms with Crippen molar-refractivity contribution < 1.29 is 18.0 Å². The second kappa shape index (κ2) is 8.24. The molecule has 0 fully saturated rings. The topological polar surface area (TPSA) is 75.7 Å². The maximum Gasteiger partial charge on any atom is 0.264 e. The summed E-state index contributed by atoms with van der Waals surface area (Å²) in [4.78, 5) is 17.0. The molecule has 2 aromatic rings. The van der Waals surface area contributed by atoms with Gasteiger partial charge in [-0.3, -0.25) is 9.63 Å². The molecule has 1 unspecified atom stereocenters. The summed E-state index contributed by atoms with van der Waals surface area (Å²) in [6.45, 7) is 1.99. The van der Waals surface area contributed by atoms with Crippen molar-refractivity contribution in [1.82, 2.24) is 4.47 Å². The molecule has 7 heteroatoms. The van der Waals surface area contributed by atoms with Gasteiger partial charge in [0.1, 0.15) is 0 Å². The van der Waals surface area contributed by atoms with Gasteiger partial charge in [0.2, 0.25) is 5.91 Å². The standard InChI is InChI=1S/C18H22N2O4S/c1-14(15-7-5-4-6-8-15)13-18(21)19-16-9-11-17(12-10-16)25(22,23)20(2)24-3/h4-12,14H,13H2,1-3H3,(H,19,21). The van der Waals surface area contributed by atoms with Gasteiger partial charge >= 0.3 is 0 Å². The smallest absolute Gasteiger partial charge is 0.264 e. The summed E-state index contributed by atoms with van der Waals surface area (Å²) in [6, 6.07) is 15.8. The minimum atomic E-state index is -3.69. The molecule has 0 bridgehead atoms. The van der Waals surface area contributed by atoms with Gasteiger partial charge in [-0.1, -0.05) is 41.7 Å². The Hall–Kier alpha value is -2.22. The molecular weight excluding hydrogens is 340 g/mol. The van der Waals surface area contributed by atoms with Crippen molar-refractivity contribution in [3.63, 3.8) is 0 Å². The van der Waals surface area contributed by atoms with Gasteiger partial charge in [-0.25, -0.2) is 8.42 Å². The van der Waals surface area contributed by atoms with E-state index in [2.05, 4.69) is 5.32 Å². The fourth-order valence-corrected chi connectivity index (χ4v) is 3.32. The number of rotatable bonds is 7. The van der Waals surface area contributed by atoms with E-state index in [1.165, 1.54) is 26.3 Å². The van der Waals surface area contributed by atoms with E-state index in [0.717, 1.165) is 10.0 Å². The Morgan fingerprint density at radius 2 is 1.72 bits per heavy atom. The summed E-state index contributed by atoms with van der Waals surface area (Å²) in [5.74, 6) is -0.0304. The molecule has 1 N–H and O–H groups in total. The number of sulfonamides is 1. The second-order valence-corrected chi connectivity index (χ2v) is 7.62. The minimum Gasteiger partial charge on any atom is -0.326 e. The van der Waals surface area contributed by atoms with E-state index in [1.54, 1.807) is 12.1 Å². The van der Waals surface area contributed by atoms with Gasteiger partial charge in [-0.15, -0.1) is 0 Å². The summed E-state index contributed by atoms with van der Waals surface area (Å²) in [5, 5.41) is 2.79. The number of carbonyl (C=O) groups is 1. The van der Waals surface area contributed by atoms with Crippen LogP contribution in [0.3, 0.4) is 0 Å². The van der Waals surface area contributed by atoms with Crippen molar-refractivity contribution in [2.75, 3.05) is 19.5 Å². The zero-order chi connectivity index (χ0) is 18.4. The third kappa shape index (κ3) is 4.88. The molecule has 0 spiro atoms. The Kier molecular flexibility index (Phi) is 6.30. The van der Waals surface area contributed by atoms with Gasteiger partial charge in [0.15, 0.2) is 0 Å². The maximum absolute atomic E-state index is 12.2. The van der Waals surface area contributed by atoms with Gasteiger partial charge < -0.3 is 5.32 Å². The fourth-order valence-electron chi connectivity index (χ4n) is 2.35. The van der Waals surface area contributed by atoms with Crippen LogP contribution in [0.2, 0.25) is 0 Å². The van der Waals surface area contributed by atoms with Crippen LogP contribution in [-0.4, -0.2) is 33.0 Å². The summed E-state index contributed by atoms with van der Waals surface area (Å²) < 4.78 is 25.0. The third-order valence-corrected chi connectivity index (χ3v) is 5.59. The first kappa shape index (κ1) is 19.1. The van der Waals surface area contributed by atoms with E-state index in [4.69, 9.17) is 4.84 Å². The molecule has 2 aromatic carbocycles. The minimum absolute atomic E-state index is 0.0903. The number of benzene rings is 2. The molecule has 6 nitrogen and oxygen atoms in total. The lowest BCUT2D eigenvalue weighted by Crippen LogP contribution is -2.25. The number of hydroxylamine groups is 1. The zero-order valence-electron chi connectivity index (χ0n) is 14.5. The first-order chi connectivity index (χ1) is 11.8. The zero-order valence-corrected chi connectivity index (χ0v) is 15.3. The number of nitrogens with one attached hydrogen (secondary N) is 1. The van der Waals surface area contributed by atoms with Gasteiger partial charge in [-0.05, 0) is 35.7 Å². The highest BCUT2D eigenvalue weighted by Gasteiger charge is 2.20. The molecule has 2 rings (SSSR count). The van der Waals surface area contributed by atoms with Crippen LogP contribution < -0.4 is 5.32 Å². The molecule has 0 aliphatic rings. The Labute approximate surface area is 148 Å². The van der Waals surface area contributed by atoms with Crippen LogP contribution >= 0.6 is 0 Å². The number of carbonyl (C=O) groups excluding carboxylic acids is 1. The molecule has 0 heterocycles. The summed E-state index contributed by atoms with van der Waals surface area (Å²) in [6.07, 6.45) is 0.344. The lowest BCUT2D eigenvalue weighted by molar-refractivity contribution is -0.116. The van der Waals surface area contributed by atoms with E-state index < -0.39 is 10.0 Å². The largest absolute Gasteiger partial charge is 0.326 e. The Morgan fingerprint density at radius 3 is 2.28 bits per heavy atom. The lowest BCUT2D eigenvalue weighted by atomic mass is 9.97. The van der Waals surface area contributed by atoms with Crippen LogP contribution in [0.15, 0.2) is 59.5 Å². The molecule has 0 aliphatic carbocycles. The van der Waals surface area contributed by atoms with E-state index in [0.29, 0.717) is 12.1 Å². The van der Waals surface area contributed by atoms with Crippen molar-refractivity contribution in [3.8, 4) is 0 Å². The van der Waals surface area contributed by atoms with Crippen molar-refractivity contribution in [3.05, 3.63) is 60.2 Å². The highest BCUT2D eigenvalue weighted by atomic mass is 32.2. The van der Waals surface area contributed by atoms with Crippen LogP contribution in [0, 0.1) is 0 Å². The molecule has 134 valence electrons. The van der Waals surface area contributed by atoms with Crippen LogP contribution in [0.5, 0.6) is 0 Å². The van der Waals surface area contributed by atoms with E-state index >= 15 is 0 Å². The SMILES string of the molecule is CON(C)S(=O)(=O)c1ccc(NC(=O)CC(C)c2ccccc2)cc1. The Balaban J connectivity index is 2.00. The molecule has 0 radical (unpaired) electrons. The molecular formula is C18H22N2O4S. The average Bonchev–Trinajstić information content (AvgIpc) is 2.62. The molecule has 25 heavy (non-hydrogen) atoms. The summed E-state index contributed by atoms with van der Waals surface area (Å²) in [5.41, 5.74) is 1.64. The van der Waals surface area contributed by atoms with Gasteiger partial charge in [0.05, 0.1) is 12.0 Å². The normalized spacial score (nSPS) is 12.8. The molecule has 1 amide bonds. The second-order valence-electron chi connectivity index (χ2n) is 5.69. The lowest BCUT2D eigenvalue weighted by Gasteiger charge is -2.15. The number of hydrogen-bond donors (Lipinski definition) is 1. The summed E-state index contributed by atoms with van der Waals surface area (Å²) in [7, 11) is -1.10.